The van der Waals surface area contributed by atoms with Gasteiger partial charge in [0, 0.05) is 25.2 Å². The standard InChI is InChI=1S/C24H23FN8O2/c1-4-20(34)32-8-7-15(11-32)33-23-21(22(26)27-12-28-23)17(31-33)6-5-14-9-18-19(10-16(14)25)35-24(30-18)29-13(2)3/h4,9-10,12-13,15H,1,7-8,11H2,2-3H3,(H,29,30)(H2,26,27,28). The van der Waals surface area contributed by atoms with Gasteiger partial charge in [0.15, 0.2) is 11.2 Å². The van der Waals surface area contributed by atoms with Crippen molar-refractivity contribution in [1.29, 1.82) is 0 Å². The molecule has 1 atom stereocenters. The zero-order valence-corrected chi connectivity index (χ0v) is 19.2. The second-order valence-corrected chi connectivity index (χ2v) is 8.55. The number of hydrogen-bond acceptors (Lipinski definition) is 8. The van der Waals surface area contributed by atoms with Crippen LogP contribution < -0.4 is 11.1 Å². The van der Waals surface area contributed by atoms with Crippen molar-refractivity contribution >= 4 is 39.9 Å². The molecular weight excluding hydrogens is 451 g/mol. The zero-order valence-electron chi connectivity index (χ0n) is 19.2. The van der Waals surface area contributed by atoms with Crippen molar-refractivity contribution in [3.63, 3.8) is 0 Å². The first kappa shape index (κ1) is 22.3. The number of nitrogens with one attached hydrogen (secondary N) is 1. The quantitative estimate of drug-likeness (QED) is 0.341. The van der Waals surface area contributed by atoms with E-state index in [1.54, 1.807) is 9.58 Å². The Hall–Kier alpha value is -4.46. The maximum atomic E-state index is 14.8. The normalized spacial score (nSPS) is 15.5. The van der Waals surface area contributed by atoms with Crippen LogP contribution in [0.2, 0.25) is 0 Å². The first-order chi connectivity index (χ1) is 16.8. The molecule has 0 radical (unpaired) electrons. The number of carbonyl (C=O) groups is 1. The fraction of sp³-hybridized carbons (Fsp3) is 0.292. The van der Waals surface area contributed by atoms with E-state index in [4.69, 9.17) is 10.2 Å². The second-order valence-electron chi connectivity index (χ2n) is 8.55. The van der Waals surface area contributed by atoms with Gasteiger partial charge >= 0.3 is 0 Å². The lowest BCUT2D eigenvalue weighted by atomic mass is 10.2. The van der Waals surface area contributed by atoms with Crippen molar-refractivity contribution in [3.8, 4) is 11.8 Å². The van der Waals surface area contributed by atoms with Crippen molar-refractivity contribution in [2.24, 2.45) is 0 Å². The number of anilines is 2. The second kappa shape index (κ2) is 8.72. The number of oxazole rings is 1. The lowest BCUT2D eigenvalue weighted by Gasteiger charge is -2.14. The van der Waals surface area contributed by atoms with Gasteiger partial charge in [0.05, 0.1) is 17.0 Å². The first-order valence-corrected chi connectivity index (χ1v) is 11.1. The van der Waals surface area contributed by atoms with Gasteiger partial charge in [0.1, 0.15) is 29.2 Å². The number of carbonyl (C=O) groups excluding carboxylic acids is 1. The smallest absolute Gasteiger partial charge is 0.295 e. The SMILES string of the molecule is C=CC(=O)N1CCC(n2nc(C#Cc3cc4nc(NC(C)C)oc4cc3F)c3c(N)ncnc32)C1. The summed E-state index contributed by atoms with van der Waals surface area (Å²) in [7, 11) is 0. The molecule has 1 aliphatic rings. The summed E-state index contributed by atoms with van der Waals surface area (Å²) in [6.07, 6.45) is 3.34. The minimum atomic E-state index is -0.542. The fourth-order valence-corrected chi connectivity index (χ4v) is 4.09. The number of amides is 1. The van der Waals surface area contributed by atoms with Crippen LogP contribution >= 0.6 is 0 Å². The summed E-state index contributed by atoms with van der Waals surface area (Å²) < 4.78 is 22.0. The molecule has 4 heterocycles. The number of halogens is 1. The highest BCUT2D eigenvalue weighted by Gasteiger charge is 2.29. The number of nitrogens with two attached hydrogens (primary N) is 1. The van der Waals surface area contributed by atoms with Crippen LogP contribution in [0, 0.1) is 17.7 Å². The Morgan fingerprint density at radius 2 is 2.20 bits per heavy atom. The number of nitrogens with zero attached hydrogens (tertiary/aromatic N) is 6. The molecule has 10 nitrogen and oxygen atoms in total. The van der Waals surface area contributed by atoms with Gasteiger partial charge in [0.2, 0.25) is 5.91 Å². The lowest BCUT2D eigenvalue weighted by molar-refractivity contribution is -0.125. The van der Waals surface area contributed by atoms with Gasteiger partial charge in [-0.05, 0) is 38.3 Å². The highest BCUT2D eigenvalue weighted by Crippen LogP contribution is 2.29. The first-order valence-electron chi connectivity index (χ1n) is 11.1. The number of nitrogen functional groups attached to an aromatic ring is 1. The molecule has 1 fully saturated rings. The van der Waals surface area contributed by atoms with E-state index in [-0.39, 0.29) is 29.4 Å². The maximum absolute atomic E-state index is 14.8. The maximum Gasteiger partial charge on any atom is 0.295 e. The Bertz CT molecular complexity index is 1530. The van der Waals surface area contributed by atoms with Crippen molar-refractivity contribution in [2.75, 3.05) is 24.1 Å². The van der Waals surface area contributed by atoms with Crippen molar-refractivity contribution in [2.45, 2.75) is 32.4 Å². The predicted molar refractivity (Wildman–Crippen MR) is 129 cm³/mol. The van der Waals surface area contributed by atoms with E-state index in [1.165, 1.54) is 24.5 Å². The molecule has 3 aromatic heterocycles. The van der Waals surface area contributed by atoms with E-state index < -0.39 is 5.82 Å². The minimum Gasteiger partial charge on any atom is -0.423 e. The number of likely N-dealkylation sites (tertiary alicyclic amines) is 1. The zero-order chi connectivity index (χ0) is 24.7. The highest BCUT2D eigenvalue weighted by molar-refractivity contribution is 5.91. The molecule has 4 aromatic rings. The number of hydrogen-bond donors (Lipinski definition) is 2. The van der Waals surface area contributed by atoms with Crippen LogP contribution in [-0.4, -0.2) is 54.7 Å². The Balaban J connectivity index is 1.53. The van der Waals surface area contributed by atoms with Gasteiger partial charge in [-0.2, -0.15) is 10.1 Å². The van der Waals surface area contributed by atoms with Crippen LogP contribution in [0.15, 0.2) is 35.5 Å². The van der Waals surface area contributed by atoms with Crippen molar-refractivity contribution < 1.29 is 13.6 Å². The third kappa shape index (κ3) is 4.14. The molecule has 178 valence electrons. The van der Waals surface area contributed by atoms with Crippen molar-refractivity contribution in [1.82, 2.24) is 29.6 Å². The Morgan fingerprint density at radius 1 is 1.37 bits per heavy atom. The van der Waals surface area contributed by atoms with Gasteiger partial charge in [0.25, 0.3) is 6.01 Å². The lowest BCUT2D eigenvalue weighted by Crippen LogP contribution is -2.27. The third-order valence-electron chi connectivity index (χ3n) is 5.72. The van der Waals surface area contributed by atoms with Crippen LogP contribution in [-0.2, 0) is 4.79 Å². The van der Waals surface area contributed by atoms with E-state index in [9.17, 15) is 9.18 Å². The molecule has 1 amide bonds. The van der Waals surface area contributed by atoms with Gasteiger partial charge in [-0.3, -0.25) is 4.79 Å². The van der Waals surface area contributed by atoms with Crippen molar-refractivity contribution in [3.05, 3.63) is 48.2 Å². The summed E-state index contributed by atoms with van der Waals surface area (Å²) in [6.45, 7) is 8.49. The molecule has 0 bridgehead atoms. The molecule has 0 spiro atoms. The van der Waals surface area contributed by atoms with Crippen LogP contribution in [0.3, 0.4) is 0 Å². The van der Waals surface area contributed by atoms with Crippen LogP contribution in [0.4, 0.5) is 16.2 Å². The summed E-state index contributed by atoms with van der Waals surface area (Å²) in [5.74, 6) is 5.31. The van der Waals surface area contributed by atoms with Gasteiger partial charge in [-0.1, -0.05) is 12.5 Å². The van der Waals surface area contributed by atoms with E-state index in [0.717, 1.165) is 0 Å². The van der Waals surface area contributed by atoms with Gasteiger partial charge in [-0.15, -0.1) is 0 Å². The summed E-state index contributed by atoms with van der Waals surface area (Å²) in [5, 5.41) is 8.17. The Labute approximate surface area is 200 Å². The third-order valence-corrected chi connectivity index (χ3v) is 5.72. The average molecular weight is 475 g/mol. The number of rotatable bonds is 4. The van der Waals surface area contributed by atoms with Crippen LogP contribution in [0.25, 0.3) is 22.1 Å². The molecular formula is C24H23FN8O2. The van der Waals surface area contributed by atoms with Crippen LogP contribution in [0.5, 0.6) is 0 Å². The van der Waals surface area contributed by atoms with E-state index >= 15 is 0 Å². The molecule has 0 saturated carbocycles. The monoisotopic (exact) mass is 474 g/mol. The van der Waals surface area contributed by atoms with E-state index in [2.05, 4.69) is 43.8 Å². The largest absolute Gasteiger partial charge is 0.423 e. The van der Waals surface area contributed by atoms with Crippen LogP contribution in [0.1, 0.15) is 37.6 Å². The van der Waals surface area contributed by atoms with Gasteiger partial charge < -0.3 is 20.4 Å². The fourth-order valence-electron chi connectivity index (χ4n) is 4.09. The predicted octanol–water partition coefficient (Wildman–Crippen LogP) is 2.87. The Morgan fingerprint density at radius 3 is 2.97 bits per heavy atom. The summed E-state index contributed by atoms with van der Waals surface area (Å²) in [6, 6.07) is 3.11. The number of benzene rings is 1. The number of fused-ring (bicyclic) bond motifs is 2. The molecule has 1 unspecified atom stereocenters. The Kier molecular flexibility index (Phi) is 5.56. The molecule has 5 rings (SSSR count). The molecule has 1 aliphatic heterocycles. The molecule has 1 aromatic carbocycles. The van der Waals surface area contributed by atoms with Gasteiger partial charge in [-0.25, -0.2) is 19.0 Å². The molecule has 3 N–H and O–H groups in total. The van der Waals surface area contributed by atoms with E-state index in [1.807, 2.05) is 13.8 Å². The highest BCUT2D eigenvalue weighted by atomic mass is 19.1. The van der Waals surface area contributed by atoms with E-state index in [0.29, 0.717) is 53.4 Å². The summed E-state index contributed by atoms with van der Waals surface area (Å²) in [4.78, 5) is 26.5. The molecule has 11 heteroatoms. The average Bonchev–Trinajstić information content (AvgIpc) is 3.53. The topological polar surface area (TPSA) is 128 Å². The molecule has 35 heavy (non-hydrogen) atoms. The summed E-state index contributed by atoms with van der Waals surface area (Å²) >= 11 is 0. The minimum absolute atomic E-state index is 0.110. The molecule has 0 aliphatic carbocycles. The summed E-state index contributed by atoms with van der Waals surface area (Å²) in [5.41, 5.74) is 7.91. The number of aromatic nitrogens is 5. The molecule has 1 saturated heterocycles.